The van der Waals surface area contributed by atoms with Crippen LogP contribution in [0.2, 0.25) is 0 Å². The van der Waals surface area contributed by atoms with E-state index in [4.69, 9.17) is 9.73 Å². The van der Waals surface area contributed by atoms with E-state index in [0.717, 1.165) is 38.2 Å². The Morgan fingerprint density at radius 1 is 1.24 bits per heavy atom. The highest BCUT2D eigenvalue weighted by Gasteiger charge is 2.42. The summed E-state index contributed by atoms with van der Waals surface area (Å²) in [7, 11) is 5.41. The molecule has 6 nitrogen and oxygen atoms in total. The van der Waals surface area contributed by atoms with Crippen LogP contribution in [0.1, 0.15) is 53.4 Å². The van der Waals surface area contributed by atoms with Gasteiger partial charge in [-0.15, -0.1) is 0 Å². The maximum atomic E-state index is 12.7. The molecule has 0 radical (unpaired) electrons. The van der Waals surface area contributed by atoms with E-state index in [0.29, 0.717) is 13.1 Å². The van der Waals surface area contributed by atoms with Gasteiger partial charge < -0.3 is 20.3 Å². The van der Waals surface area contributed by atoms with E-state index >= 15 is 0 Å². The predicted molar refractivity (Wildman–Crippen MR) is 104 cm³/mol. The summed E-state index contributed by atoms with van der Waals surface area (Å²) in [5, 5.41) is 6.66. The highest BCUT2D eigenvalue weighted by atomic mass is 16.5. The Bertz CT molecular complexity index is 449. The van der Waals surface area contributed by atoms with Crippen LogP contribution >= 0.6 is 0 Å². The molecule has 2 N–H and O–H groups in total. The quantitative estimate of drug-likeness (QED) is 0.544. The van der Waals surface area contributed by atoms with Gasteiger partial charge in [-0.2, -0.15) is 0 Å². The minimum atomic E-state index is -0.337. The lowest BCUT2D eigenvalue weighted by molar-refractivity contribution is -0.138. The van der Waals surface area contributed by atoms with Crippen LogP contribution < -0.4 is 10.6 Å². The van der Waals surface area contributed by atoms with Crippen molar-refractivity contribution in [3.63, 3.8) is 0 Å². The number of hydrogen-bond donors (Lipinski definition) is 2. The molecule has 0 aromatic rings. The zero-order valence-electron chi connectivity index (χ0n) is 17.2. The third-order valence-electron chi connectivity index (χ3n) is 5.01. The molecule has 1 amide bonds. The van der Waals surface area contributed by atoms with Crippen molar-refractivity contribution in [2.45, 2.75) is 59.5 Å². The molecule has 1 rings (SSSR count). The zero-order chi connectivity index (χ0) is 19.1. The highest BCUT2D eigenvalue weighted by Crippen LogP contribution is 2.39. The first-order valence-electron chi connectivity index (χ1n) is 9.43. The van der Waals surface area contributed by atoms with Crippen molar-refractivity contribution < 1.29 is 9.53 Å². The zero-order valence-corrected chi connectivity index (χ0v) is 17.2. The Kier molecular flexibility index (Phi) is 8.19. The molecule has 1 saturated carbocycles. The normalized spacial score (nSPS) is 18.8. The third-order valence-corrected chi connectivity index (χ3v) is 5.01. The lowest BCUT2D eigenvalue weighted by atomic mass is 9.85. The summed E-state index contributed by atoms with van der Waals surface area (Å²) >= 11 is 0. The summed E-state index contributed by atoms with van der Waals surface area (Å²) in [5.41, 5.74) is -0.289. The van der Waals surface area contributed by atoms with Crippen LogP contribution in [0, 0.1) is 10.8 Å². The van der Waals surface area contributed by atoms with Crippen LogP contribution in [0.4, 0.5) is 0 Å². The molecular weight excluding hydrogens is 316 g/mol. The average Bonchev–Trinajstić information content (AvgIpc) is 3.01. The summed E-state index contributed by atoms with van der Waals surface area (Å²) < 4.78 is 5.60. The van der Waals surface area contributed by atoms with Gasteiger partial charge in [0.05, 0.1) is 18.1 Å². The van der Waals surface area contributed by atoms with Crippen LogP contribution in [0.3, 0.4) is 0 Å². The molecule has 146 valence electrons. The summed E-state index contributed by atoms with van der Waals surface area (Å²) in [6.07, 6.45) is 4.15. The van der Waals surface area contributed by atoms with Gasteiger partial charge in [-0.25, -0.2) is 0 Å². The van der Waals surface area contributed by atoms with E-state index in [1.807, 2.05) is 21.0 Å². The number of carbonyl (C=O) groups excluding carboxylic acids is 1. The Hall–Kier alpha value is -1.30. The number of ether oxygens (including phenoxy) is 1. The fourth-order valence-corrected chi connectivity index (χ4v) is 3.47. The highest BCUT2D eigenvalue weighted by molar-refractivity contribution is 5.84. The molecule has 0 aromatic heterocycles. The molecule has 1 atom stereocenters. The number of carbonyl (C=O) groups is 1. The van der Waals surface area contributed by atoms with Crippen molar-refractivity contribution in [2.75, 3.05) is 40.8 Å². The van der Waals surface area contributed by atoms with Crippen molar-refractivity contribution >= 4 is 11.9 Å². The summed E-state index contributed by atoms with van der Waals surface area (Å²) in [6.45, 7) is 10.5. The second kappa shape index (κ2) is 9.41. The topological polar surface area (TPSA) is 66.0 Å². The number of guanidine groups is 1. The number of hydrogen-bond acceptors (Lipinski definition) is 3. The van der Waals surface area contributed by atoms with Gasteiger partial charge in [0.15, 0.2) is 5.96 Å². The number of methoxy groups -OCH3 is 1. The molecule has 1 aliphatic carbocycles. The molecule has 0 saturated heterocycles. The molecule has 1 unspecified atom stereocenters. The van der Waals surface area contributed by atoms with Gasteiger partial charge in [-0.3, -0.25) is 9.79 Å². The summed E-state index contributed by atoms with van der Waals surface area (Å²) in [6, 6.07) is 0. The Balaban J connectivity index is 2.81. The SMILES string of the molecule is CCNC(=NCC1(C(=O)N(C)C)CCCC1)NCC(OC)C(C)(C)C. The molecule has 25 heavy (non-hydrogen) atoms. The van der Waals surface area contributed by atoms with Crippen molar-refractivity contribution in [2.24, 2.45) is 15.8 Å². The van der Waals surface area contributed by atoms with Crippen molar-refractivity contribution in [3.05, 3.63) is 0 Å². The molecule has 6 heteroatoms. The number of rotatable bonds is 7. The van der Waals surface area contributed by atoms with E-state index in [2.05, 4.69) is 31.4 Å². The minimum Gasteiger partial charge on any atom is -0.379 e. The molecular formula is C19H38N4O2. The first kappa shape index (κ1) is 21.7. The molecule has 0 bridgehead atoms. The van der Waals surface area contributed by atoms with Crippen LogP contribution in [0.15, 0.2) is 4.99 Å². The maximum Gasteiger partial charge on any atom is 0.230 e. The van der Waals surface area contributed by atoms with Crippen molar-refractivity contribution in [1.29, 1.82) is 0 Å². The van der Waals surface area contributed by atoms with E-state index in [1.54, 1.807) is 12.0 Å². The first-order valence-corrected chi connectivity index (χ1v) is 9.43. The van der Waals surface area contributed by atoms with E-state index in [1.165, 1.54) is 0 Å². The smallest absolute Gasteiger partial charge is 0.230 e. The molecule has 0 aliphatic heterocycles. The fourth-order valence-electron chi connectivity index (χ4n) is 3.47. The molecule has 0 aromatic carbocycles. The van der Waals surface area contributed by atoms with Crippen molar-refractivity contribution in [3.8, 4) is 0 Å². The minimum absolute atomic E-state index is 0.0483. The third kappa shape index (κ3) is 6.17. The van der Waals surface area contributed by atoms with Gasteiger partial charge in [-0.05, 0) is 25.2 Å². The Morgan fingerprint density at radius 3 is 2.28 bits per heavy atom. The summed E-state index contributed by atoms with van der Waals surface area (Å²) in [5.74, 6) is 0.959. The monoisotopic (exact) mass is 354 g/mol. The van der Waals surface area contributed by atoms with Gasteiger partial charge in [0.1, 0.15) is 0 Å². The predicted octanol–water partition coefficient (Wildman–Crippen LogP) is 2.25. The number of nitrogens with one attached hydrogen (secondary N) is 2. The van der Waals surface area contributed by atoms with E-state index < -0.39 is 0 Å². The standard InChI is InChI=1S/C19H38N4O2/c1-8-20-17(21-13-15(25-7)18(2,3)4)22-14-19(11-9-10-12-19)16(24)23(5)6/h15H,8-14H2,1-7H3,(H2,20,21,22). The van der Waals surface area contributed by atoms with Gasteiger partial charge in [0.25, 0.3) is 0 Å². The van der Waals surface area contributed by atoms with Crippen LogP contribution in [0.25, 0.3) is 0 Å². The lowest BCUT2D eigenvalue weighted by Crippen LogP contribution is -2.46. The van der Waals surface area contributed by atoms with Gasteiger partial charge in [0.2, 0.25) is 5.91 Å². The van der Waals surface area contributed by atoms with Crippen LogP contribution in [0.5, 0.6) is 0 Å². The lowest BCUT2D eigenvalue weighted by Gasteiger charge is -2.31. The Morgan fingerprint density at radius 2 is 1.84 bits per heavy atom. The number of nitrogens with zero attached hydrogens (tertiary/aromatic N) is 2. The number of amides is 1. The maximum absolute atomic E-state index is 12.7. The van der Waals surface area contributed by atoms with Gasteiger partial charge in [-0.1, -0.05) is 33.6 Å². The van der Waals surface area contributed by atoms with Gasteiger partial charge in [0, 0.05) is 34.3 Å². The van der Waals surface area contributed by atoms with Gasteiger partial charge >= 0.3 is 0 Å². The summed E-state index contributed by atoms with van der Waals surface area (Å²) in [4.78, 5) is 19.1. The first-order chi connectivity index (χ1) is 11.7. The average molecular weight is 355 g/mol. The van der Waals surface area contributed by atoms with Crippen molar-refractivity contribution in [1.82, 2.24) is 15.5 Å². The fraction of sp³-hybridized carbons (Fsp3) is 0.895. The number of aliphatic imine (C=N–C) groups is 1. The largest absolute Gasteiger partial charge is 0.379 e. The van der Waals surface area contributed by atoms with Crippen LogP contribution in [-0.4, -0.2) is 63.7 Å². The molecule has 0 spiro atoms. The second-order valence-corrected chi connectivity index (χ2v) is 8.35. The Labute approximate surface area is 153 Å². The van der Waals surface area contributed by atoms with E-state index in [-0.39, 0.29) is 22.8 Å². The molecule has 0 heterocycles. The molecule has 1 aliphatic rings. The van der Waals surface area contributed by atoms with E-state index in [9.17, 15) is 4.79 Å². The van der Waals surface area contributed by atoms with Crippen LogP contribution in [-0.2, 0) is 9.53 Å². The molecule has 1 fully saturated rings. The second-order valence-electron chi connectivity index (χ2n) is 8.35.